The molecule has 1 fully saturated rings. The van der Waals surface area contributed by atoms with Crippen LogP contribution in [0.5, 0.6) is 11.5 Å². The molecule has 2 aromatic carbocycles. The predicted octanol–water partition coefficient (Wildman–Crippen LogP) is 4.45. The van der Waals surface area contributed by atoms with Gasteiger partial charge < -0.3 is 19.9 Å². The highest BCUT2D eigenvalue weighted by molar-refractivity contribution is 5.87. The third kappa shape index (κ3) is 2.68. The van der Waals surface area contributed by atoms with E-state index in [1.165, 1.54) is 18.4 Å². The SMILES string of the molecule is COc1cc2c(cc1OC)[C@@H]1CCC[C@@H]1[C@H](c1ccc(C(=O)O)cc1)N2. The molecule has 0 bridgehead atoms. The Morgan fingerprint density at radius 2 is 1.77 bits per heavy atom. The van der Waals surface area contributed by atoms with Crippen LogP contribution in [0.2, 0.25) is 0 Å². The number of hydrogen-bond acceptors (Lipinski definition) is 4. The van der Waals surface area contributed by atoms with Crippen LogP contribution in [0.1, 0.15) is 52.7 Å². The maximum absolute atomic E-state index is 11.1. The lowest BCUT2D eigenvalue weighted by Gasteiger charge is -2.38. The highest BCUT2D eigenvalue weighted by Crippen LogP contribution is 2.54. The van der Waals surface area contributed by atoms with E-state index in [4.69, 9.17) is 14.6 Å². The molecule has 1 aliphatic heterocycles. The largest absolute Gasteiger partial charge is 0.493 e. The van der Waals surface area contributed by atoms with E-state index in [0.717, 1.165) is 29.2 Å². The molecule has 1 aliphatic carbocycles. The fraction of sp³-hybridized carbons (Fsp3) is 0.381. The second-order valence-electron chi connectivity index (χ2n) is 7.04. The first-order chi connectivity index (χ1) is 12.6. The molecule has 3 atom stereocenters. The van der Waals surface area contributed by atoms with Crippen molar-refractivity contribution in [2.45, 2.75) is 31.2 Å². The Hall–Kier alpha value is -2.69. The van der Waals surface area contributed by atoms with Gasteiger partial charge in [-0.2, -0.15) is 0 Å². The van der Waals surface area contributed by atoms with Crippen LogP contribution in [0, 0.1) is 5.92 Å². The van der Waals surface area contributed by atoms with Gasteiger partial charge in [0.05, 0.1) is 25.8 Å². The van der Waals surface area contributed by atoms with E-state index >= 15 is 0 Å². The molecule has 26 heavy (non-hydrogen) atoms. The van der Waals surface area contributed by atoms with Crippen molar-refractivity contribution < 1.29 is 19.4 Å². The number of rotatable bonds is 4. The molecule has 0 aromatic heterocycles. The van der Waals surface area contributed by atoms with Gasteiger partial charge in [-0.15, -0.1) is 0 Å². The first-order valence-corrected chi connectivity index (χ1v) is 8.98. The van der Waals surface area contributed by atoms with Crippen molar-refractivity contribution in [3.8, 4) is 11.5 Å². The average molecular weight is 353 g/mol. The van der Waals surface area contributed by atoms with Crippen LogP contribution in [0.4, 0.5) is 5.69 Å². The van der Waals surface area contributed by atoms with E-state index in [2.05, 4.69) is 11.4 Å². The topological polar surface area (TPSA) is 67.8 Å². The summed E-state index contributed by atoms with van der Waals surface area (Å²) < 4.78 is 11.0. The van der Waals surface area contributed by atoms with E-state index in [1.54, 1.807) is 26.4 Å². The summed E-state index contributed by atoms with van der Waals surface area (Å²) >= 11 is 0. The molecule has 1 saturated carbocycles. The van der Waals surface area contributed by atoms with Crippen LogP contribution in [-0.4, -0.2) is 25.3 Å². The quantitative estimate of drug-likeness (QED) is 0.850. The van der Waals surface area contributed by atoms with Crippen molar-refractivity contribution in [2.24, 2.45) is 5.92 Å². The lowest BCUT2D eigenvalue weighted by atomic mass is 9.77. The number of fused-ring (bicyclic) bond motifs is 3. The van der Waals surface area contributed by atoms with Crippen LogP contribution < -0.4 is 14.8 Å². The van der Waals surface area contributed by atoms with Crippen LogP contribution >= 0.6 is 0 Å². The number of carbonyl (C=O) groups is 1. The van der Waals surface area contributed by atoms with Crippen molar-refractivity contribution in [3.63, 3.8) is 0 Å². The molecule has 5 nitrogen and oxygen atoms in total. The first-order valence-electron chi connectivity index (χ1n) is 8.98. The number of anilines is 1. The van der Waals surface area contributed by atoms with Crippen LogP contribution in [0.15, 0.2) is 36.4 Å². The molecule has 136 valence electrons. The molecule has 2 aliphatic rings. The number of nitrogens with one attached hydrogen (secondary N) is 1. The minimum absolute atomic E-state index is 0.177. The van der Waals surface area contributed by atoms with Gasteiger partial charge in [0.25, 0.3) is 0 Å². The second-order valence-corrected chi connectivity index (χ2v) is 7.04. The Morgan fingerprint density at radius 1 is 1.08 bits per heavy atom. The zero-order valence-electron chi connectivity index (χ0n) is 15.0. The number of carboxylic acid groups (broad SMARTS) is 1. The molecular weight excluding hydrogens is 330 g/mol. The summed E-state index contributed by atoms with van der Waals surface area (Å²) in [5.41, 5.74) is 3.83. The van der Waals surface area contributed by atoms with Crippen LogP contribution in [-0.2, 0) is 0 Å². The van der Waals surface area contributed by atoms with E-state index in [-0.39, 0.29) is 6.04 Å². The Bertz CT molecular complexity index is 831. The lowest BCUT2D eigenvalue weighted by Crippen LogP contribution is -2.29. The molecule has 0 saturated heterocycles. The van der Waals surface area contributed by atoms with Gasteiger partial charge >= 0.3 is 5.97 Å². The van der Waals surface area contributed by atoms with Gasteiger partial charge in [0.1, 0.15) is 0 Å². The molecule has 0 unspecified atom stereocenters. The lowest BCUT2D eigenvalue weighted by molar-refractivity contribution is 0.0697. The number of methoxy groups -OCH3 is 2. The van der Waals surface area contributed by atoms with Crippen molar-refractivity contribution in [1.82, 2.24) is 0 Å². The van der Waals surface area contributed by atoms with Crippen molar-refractivity contribution >= 4 is 11.7 Å². The number of benzene rings is 2. The maximum Gasteiger partial charge on any atom is 0.335 e. The highest BCUT2D eigenvalue weighted by Gasteiger charge is 2.40. The van der Waals surface area contributed by atoms with Crippen molar-refractivity contribution in [2.75, 3.05) is 19.5 Å². The summed E-state index contributed by atoms with van der Waals surface area (Å²) in [5, 5.41) is 12.8. The molecule has 0 amide bonds. The molecular formula is C21H23NO4. The molecule has 4 rings (SSSR count). The Kier molecular flexibility index (Phi) is 4.23. The zero-order chi connectivity index (χ0) is 18.3. The summed E-state index contributed by atoms with van der Waals surface area (Å²) in [5.74, 6) is 1.57. The number of ether oxygens (including phenoxy) is 2. The summed E-state index contributed by atoms with van der Waals surface area (Å²) in [6.45, 7) is 0. The third-order valence-corrected chi connectivity index (χ3v) is 5.78. The van der Waals surface area contributed by atoms with Gasteiger partial charge in [-0.05, 0) is 54.0 Å². The number of hydrogen-bond donors (Lipinski definition) is 2. The normalized spacial score (nSPS) is 23.5. The van der Waals surface area contributed by atoms with Gasteiger partial charge in [-0.25, -0.2) is 4.79 Å². The van der Waals surface area contributed by atoms with Gasteiger partial charge in [-0.1, -0.05) is 18.6 Å². The fourth-order valence-corrected chi connectivity index (χ4v) is 4.54. The fourth-order valence-electron chi connectivity index (χ4n) is 4.54. The minimum atomic E-state index is -0.894. The van der Waals surface area contributed by atoms with Gasteiger partial charge in [0.15, 0.2) is 11.5 Å². The zero-order valence-corrected chi connectivity index (χ0v) is 15.0. The molecule has 0 radical (unpaired) electrons. The summed E-state index contributed by atoms with van der Waals surface area (Å²) in [6, 6.07) is 11.5. The Labute approximate surface area is 152 Å². The standard InChI is InChI=1S/C21H23NO4/c1-25-18-10-16-14-4-3-5-15(14)20(22-17(16)11-19(18)26-2)12-6-8-13(9-7-12)21(23)24/h6-11,14-15,20,22H,3-5H2,1-2H3,(H,23,24)/t14-,15+,20+/m1/s1. The number of aromatic carboxylic acids is 1. The van der Waals surface area contributed by atoms with E-state index in [9.17, 15) is 4.79 Å². The van der Waals surface area contributed by atoms with Gasteiger partial charge in [-0.3, -0.25) is 0 Å². The average Bonchev–Trinajstić information content (AvgIpc) is 3.16. The highest BCUT2D eigenvalue weighted by atomic mass is 16.5. The first kappa shape index (κ1) is 16.8. The third-order valence-electron chi connectivity index (χ3n) is 5.78. The second kappa shape index (κ2) is 6.56. The monoisotopic (exact) mass is 353 g/mol. The van der Waals surface area contributed by atoms with Crippen molar-refractivity contribution in [3.05, 3.63) is 53.1 Å². The molecule has 0 spiro atoms. The Balaban J connectivity index is 1.74. The predicted molar refractivity (Wildman–Crippen MR) is 99.4 cm³/mol. The Morgan fingerprint density at radius 3 is 2.42 bits per heavy atom. The molecule has 1 heterocycles. The summed E-state index contributed by atoms with van der Waals surface area (Å²) in [7, 11) is 3.31. The van der Waals surface area contributed by atoms with E-state index in [0.29, 0.717) is 17.4 Å². The summed E-state index contributed by atoms with van der Waals surface area (Å²) in [4.78, 5) is 11.1. The number of carboxylic acids is 1. The summed E-state index contributed by atoms with van der Waals surface area (Å²) in [6.07, 6.45) is 3.53. The van der Waals surface area contributed by atoms with E-state index < -0.39 is 5.97 Å². The smallest absolute Gasteiger partial charge is 0.335 e. The van der Waals surface area contributed by atoms with Gasteiger partial charge in [0, 0.05) is 11.8 Å². The van der Waals surface area contributed by atoms with Crippen LogP contribution in [0.3, 0.4) is 0 Å². The maximum atomic E-state index is 11.1. The molecule has 2 aromatic rings. The van der Waals surface area contributed by atoms with Crippen molar-refractivity contribution in [1.29, 1.82) is 0 Å². The van der Waals surface area contributed by atoms with E-state index in [1.807, 2.05) is 18.2 Å². The van der Waals surface area contributed by atoms with Gasteiger partial charge in [0.2, 0.25) is 0 Å². The van der Waals surface area contributed by atoms with Crippen LogP contribution in [0.25, 0.3) is 0 Å². The molecule has 5 heteroatoms. The molecule has 2 N–H and O–H groups in total. The minimum Gasteiger partial charge on any atom is -0.493 e.